The molecular formula is C8H14N4S. The van der Waals surface area contributed by atoms with Gasteiger partial charge in [0.1, 0.15) is 0 Å². The predicted octanol–water partition coefficient (Wildman–Crippen LogP) is 0.899. The summed E-state index contributed by atoms with van der Waals surface area (Å²) in [7, 11) is 3.71. The fourth-order valence-electron chi connectivity index (χ4n) is 1.17. The van der Waals surface area contributed by atoms with Crippen molar-refractivity contribution in [1.29, 1.82) is 0 Å². The van der Waals surface area contributed by atoms with E-state index < -0.39 is 0 Å². The van der Waals surface area contributed by atoms with Crippen LogP contribution in [-0.4, -0.2) is 21.9 Å². The number of rotatable bonds is 2. The summed E-state index contributed by atoms with van der Waals surface area (Å²) in [5.74, 6) is 0. The Bertz CT molecular complexity index is 305. The molecule has 0 aliphatic heterocycles. The summed E-state index contributed by atoms with van der Waals surface area (Å²) < 4.78 is 1.85. The van der Waals surface area contributed by atoms with Gasteiger partial charge in [-0.2, -0.15) is 5.10 Å². The number of nitrogens with zero attached hydrogens (tertiary/aromatic N) is 2. The van der Waals surface area contributed by atoms with Crippen molar-refractivity contribution in [1.82, 2.24) is 15.1 Å². The highest BCUT2D eigenvalue weighted by Gasteiger charge is 2.06. The van der Waals surface area contributed by atoms with Gasteiger partial charge in [-0.1, -0.05) is 6.92 Å². The minimum absolute atomic E-state index is 0.614. The SMILES string of the molecule is CCc1c(NC(=S)NC)cnn1C. The van der Waals surface area contributed by atoms with Gasteiger partial charge >= 0.3 is 0 Å². The molecule has 0 aliphatic carbocycles. The predicted molar refractivity (Wildman–Crippen MR) is 57.9 cm³/mol. The van der Waals surface area contributed by atoms with Gasteiger partial charge in [0.15, 0.2) is 5.11 Å². The number of hydrogen-bond acceptors (Lipinski definition) is 2. The Labute approximate surface area is 83.3 Å². The van der Waals surface area contributed by atoms with E-state index in [1.165, 1.54) is 0 Å². The second-order valence-corrected chi connectivity index (χ2v) is 3.09. The van der Waals surface area contributed by atoms with Gasteiger partial charge in [-0.3, -0.25) is 4.68 Å². The van der Waals surface area contributed by atoms with Gasteiger partial charge in [-0.05, 0) is 18.6 Å². The maximum absolute atomic E-state index is 4.99. The average Bonchev–Trinajstić information content (AvgIpc) is 2.46. The number of nitrogens with one attached hydrogen (secondary N) is 2. The summed E-state index contributed by atoms with van der Waals surface area (Å²) in [6, 6.07) is 0. The van der Waals surface area contributed by atoms with Gasteiger partial charge in [0.25, 0.3) is 0 Å². The van der Waals surface area contributed by atoms with Crippen molar-refractivity contribution in [3.8, 4) is 0 Å². The first-order valence-electron chi connectivity index (χ1n) is 4.18. The van der Waals surface area contributed by atoms with Crippen molar-refractivity contribution in [3.05, 3.63) is 11.9 Å². The van der Waals surface area contributed by atoms with Gasteiger partial charge in [-0.15, -0.1) is 0 Å². The fourth-order valence-corrected chi connectivity index (χ4v) is 1.28. The lowest BCUT2D eigenvalue weighted by Crippen LogP contribution is -2.24. The quantitative estimate of drug-likeness (QED) is 0.693. The summed E-state index contributed by atoms with van der Waals surface area (Å²) >= 11 is 4.99. The zero-order valence-corrected chi connectivity index (χ0v) is 8.90. The molecule has 0 radical (unpaired) electrons. The van der Waals surface area contributed by atoms with E-state index in [9.17, 15) is 0 Å². The molecule has 4 nitrogen and oxygen atoms in total. The van der Waals surface area contributed by atoms with E-state index in [2.05, 4.69) is 22.7 Å². The van der Waals surface area contributed by atoms with Gasteiger partial charge in [0, 0.05) is 14.1 Å². The largest absolute Gasteiger partial charge is 0.366 e. The van der Waals surface area contributed by atoms with Crippen LogP contribution >= 0.6 is 12.2 Å². The molecule has 0 atom stereocenters. The first kappa shape index (κ1) is 9.98. The van der Waals surface area contributed by atoms with Gasteiger partial charge < -0.3 is 10.6 Å². The zero-order chi connectivity index (χ0) is 9.84. The molecule has 1 heterocycles. The molecule has 0 amide bonds. The molecule has 0 aromatic carbocycles. The van der Waals surface area contributed by atoms with Crippen LogP contribution in [0.3, 0.4) is 0 Å². The van der Waals surface area contributed by atoms with Gasteiger partial charge in [0.2, 0.25) is 0 Å². The second kappa shape index (κ2) is 4.23. The molecule has 0 aliphatic rings. The topological polar surface area (TPSA) is 41.9 Å². The molecule has 13 heavy (non-hydrogen) atoms. The zero-order valence-electron chi connectivity index (χ0n) is 8.09. The lowest BCUT2D eigenvalue weighted by molar-refractivity contribution is 0.719. The van der Waals surface area contributed by atoms with Crippen molar-refractivity contribution in [3.63, 3.8) is 0 Å². The highest BCUT2D eigenvalue weighted by molar-refractivity contribution is 7.80. The number of thiocarbonyl (C=S) groups is 1. The molecule has 1 aromatic heterocycles. The third-order valence-corrected chi connectivity index (χ3v) is 2.18. The van der Waals surface area contributed by atoms with Crippen molar-refractivity contribution >= 4 is 23.0 Å². The Morgan fingerprint density at radius 1 is 1.69 bits per heavy atom. The number of aromatic nitrogens is 2. The average molecular weight is 198 g/mol. The maximum Gasteiger partial charge on any atom is 0.170 e. The van der Waals surface area contributed by atoms with E-state index in [1.807, 2.05) is 11.7 Å². The van der Waals surface area contributed by atoms with Crippen molar-refractivity contribution < 1.29 is 0 Å². The fraction of sp³-hybridized carbons (Fsp3) is 0.500. The number of anilines is 1. The summed E-state index contributed by atoms with van der Waals surface area (Å²) in [5, 5.41) is 10.7. The molecule has 72 valence electrons. The standard InChI is InChI=1S/C8H14N4S/c1-4-7-6(5-10-12(7)3)11-8(13)9-2/h5H,4H2,1-3H3,(H2,9,11,13). The molecule has 0 fully saturated rings. The molecule has 1 rings (SSSR count). The monoisotopic (exact) mass is 198 g/mol. The number of aryl methyl sites for hydroxylation is 1. The maximum atomic E-state index is 4.99. The molecule has 0 saturated heterocycles. The van der Waals surface area contributed by atoms with E-state index >= 15 is 0 Å². The van der Waals surface area contributed by atoms with Crippen LogP contribution in [0, 0.1) is 0 Å². The Morgan fingerprint density at radius 3 is 2.92 bits per heavy atom. The van der Waals surface area contributed by atoms with E-state index in [1.54, 1.807) is 13.2 Å². The third kappa shape index (κ3) is 2.18. The van der Waals surface area contributed by atoms with Crippen molar-refractivity contribution in [2.75, 3.05) is 12.4 Å². The summed E-state index contributed by atoms with van der Waals surface area (Å²) in [5.41, 5.74) is 2.13. The molecule has 0 unspecified atom stereocenters. The highest BCUT2D eigenvalue weighted by atomic mass is 32.1. The molecule has 0 spiro atoms. The van der Waals surface area contributed by atoms with Crippen LogP contribution in [-0.2, 0) is 13.5 Å². The minimum atomic E-state index is 0.614. The lowest BCUT2D eigenvalue weighted by Gasteiger charge is -2.06. The van der Waals surface area contributed by atoms with Crippen LogP contribution in [0.15, 0.2) is 6.20 Å². The van der Waals surface area contributed by atoms with Crippen LogP contribution in [0.4, 0.5) is 5.69 Å². The smallest absolute Gasteiger partial charge is 0.170 e. The normalized spacial score (nSPS) is 9.77. The van der Waals surface area contributed by atoms with E-state index in [0.717, 1.165) is 17.8 Å². The van der Waals surface area contributed by atoms with Crippen molar-refractivity contribution in [2.45, 2.75) is 13.3 Å². The van der Waals surface area contributed by atoms with Crippen LogP contribution in [0.2, 0.25) is 0 Å². The van der Waals surface area contributed by atoms with Crippen molar-refractivity contribution in [2.24, 2.45) is 7.05 Å². The van der Waals surface area contributed by atoms with Gasteiger partial charge in [-0.25, -0.2) is 0 Å². The first-order chi connectivity index (χ1) is 6.19. The Kier molecular flexibility index (Phi) is 3.25. The summed E-state index contributed by atoms with van der Waals surface area (Å²) in [4.78, 5) is 0. The summed E-state index contributed by atoms with van der Waals surface area (Å²) in [6.07, 6.45) is 2.72. The highest BCUT2D eigenvalue weighted by Crippen LogP contribution is 2.13. The molecule has 0 saturated carbocycles. The van der Waals surface area contributed by atoms with E-state index in [4.69, 9.17) is 12.2 Å². The van der Waals surface area contributed by atoms with E-state index in [-0.39, 0.29) is 0 Å². The Hall–Kier alpha value is -1.10. The van der Waals surface area contributed by atoms with Crippen LogP contribution in [0.25, 0.3) is 0 Å². The number of hydrogen-bond donors (Lipinski definition) is 2. The molecule has 2 N–H and O–H groups in total. The third-order valence-electron chi connectivity index (χ3n) is 1.87. The minimum Gasteiger partial charge on any atom is -0.366 e. The molecule has 0 bridgehead atoms. The first-order valence-corrected chi connectivity index (χ1v) is 4.59. The van der Waals surface area contributed by atoms with Gasteiger partial charge in [0.05, 0.1) is 17.6 Å². The van der Waals surface area contributed by atoms with E-state index in [0.29, 0.717) is 5.11 Å². The summed E-state index contributed by atoms with van der Waals surface area (Å²) in [6.45, 7) is 2.09. The Balaban J connectivity index is 2.82. The van der Waals surface area contributed by atoms with Crippen LogP contribution in [0.5, 0.6) is 0 Å². The molecular weight excluding hydrogens is 184 g/mol. The van der Waals surface area contributed by atoms with Crippen LogP contribution < -0.4 is 10.6 Å². The molecule has 5 heteroatoms. The second-order valence-electron chi connectivity index (χ2n) is 2.69. The lowest BCUT2D eigenvalue weighted by atomic mass is 10.3. The molecule has 1 aromatic rings. The van der Waals surface area contributed by atoms with Crippen LogP contribution in [0.1, 0.15) is 12.6 Å². The Morgan fingerprint density at radius 2 is 2.38 bits per heavy atom.